The van der Waals surface area contributed by atoms with Gasteiger partial charge in [0.1, 0.15) is 12.4 Å². The molecular weight excluding hydrogens is 313 g/mol. The van der Waals surface area contributed by atoms with Gasteiger partial charge in [0, 0.05) is 22.1 Å². The van der Waals surface area contributed by atoms with Gasteiger partial charge in [-0.1, -0.05) is 39.1 Å². The molecule has 1 N–H and O–H groups in total. The molecule has 0 bridgehead atoms. The first-order chi connectivity index (χ1) is 7.67. The number of hydrogen-bond donors (Lipinski definition) is 1. The second-order valence-electron chi connectivity index (χ2n) is 3.13. The number of rotatable bonds is 5. The van der Waals surface area contributed by atoms with Crippen LogP contribution < -0.4 is 10.1 Å². The summed E-state index contributed by atoms with van der Waals surface area (Å²) in [4.78, 5) is 0. The molecule has 88 valence electrons. The minimum atomic E-state index is 0.281. The van der Waals surface area contributed by atoms with Gasteiger partial charge < -0.3 is 10.1 Å². The normalized spacial score (nSPS) is 11.6. The van der Waals surface area contributed by atoms with Gasteiger partial charge in [-0.15, -0.1) is 0 Å². The summed E-state index contributed by atoms with van der Waals surface area (Å²) in [5.74, 6) is 0.800. The van der Waals surface area contributed by atoms with Crippen LogP contribution in [0.3, 0.4) is 0 Å². The van der Waals surface area contributed by atoms with Crippen molar-refractivity contribution in [1.82, 2.24) is 5.32 Å². The summed E-state index contributed by atoms with van der Waals surface area (Å²) in [7, 11) is 1.89. The van der Waals surface area contributed by atoms with Gasteiger partial charge >= 0.3 is 0 Å². The van der Waals surface area contributed by atoms with Crippen LogP contribution in [0.25, 0.3) is 0 Å². The molecule has 0 radical (unpaired) electrons. The average Bonchev–Trinajstić information content (AvgIpc) is 2.28. The van der Waals surface area contributed by atoms with Crippen LogP contribution in [0.2, 0.25) is 0 Å². The van der Waals surface area contributed by atoms with E-state index in [4.69, 9.17) is 27.9 Å². The molecule has 0 aliphatic heterocycles. The number of benzene rings is 1. The maximum Gasteiger partial charge on any atom is 0.125 e. The molecule has 0 heterocycles. The van der Waals surface area contributed by atoms with Gasteiger partial charge in [0.15, 0.2) is 0 Å². The van der Waals surface area contributed by atoms with Crippen molar-refractivity contribution in [3.05, 3.63) is 38.8 Å². The summed E-state index contributed by atoms with van der Waals surface area (Å²) in [6.45, 7) is 1.01. The molecule has 0 amide bonds. The van der Waals surface area contributed by atoms with Gasteiger partial charge in [0.2, 0.25) is 0 Å². The Morgan fingerprint density at radius 2 is 2.31 bits per heavy atom. The van der Waals surface area contributed by atoms with Crippen molar-refractivity contribution in [2.75, 3.05) is 13.7 Å². The maximum atomic E-state index is 5.76. The smallest absolute Gasteiger partial charge is 0.125 e. The molecule has 2 nitrogen and oxygen atoms in total. The third-order valence-corrected chi connectivity index (χ3v) is 2.96. The summed E-state index contributed by atoms with van der Waals surface area (Å²) in [6, 6.07) is 5.83. The molecule has 0 saturated heterocycles. The third kappa shape index (κ3) is 4.34. The molecule has 0 aromatic heterocycles. The second kappa shape index (κ2) is 7.17. The van der Waals surface area contributed by atoms with Crippen LogP contribution in [-0.2, 0) is 6.54 Å². The van der Waals surface area contributed by atoms with Crippen LogP contribution in [0.1, 0.15) is 5.56 Å². The van der Waals surface area contributed by atoms with Crippen molar-refractivity contribution in [3.63, 3.8) is 0 Å². The molecule has 0 fully saturated rings. The lowest BCUT2D eigenvalue weighted by molar-refractivity contribution is 0.354. The summed E-state index contributed by atoms with van der Waals surface area (Å²) in [6.07, 6.45) is 0. The molecule has 1 aromatic rings. The lowest BCUT2D eigenvalue weighted by Gasteiger charge is -2.11. The third-order valence-electron chi connectivity index (χ3n) is 1.87. The number of halogens is 3. The monoisotopic (exact) mass is 323 g/mol. The van der Waals surface area contributed by atoms with Gasteiger partial charge in [-0.25, -0.2) is 0 Å². The zero-order valence-corrected chi connectivity index (χ0v) is 11.9. The van der Waals surface area contributed by atoms with E-state index in [0.717, 1.165) is 22.3 Å². The van der Waals surface area contributed by atoms with Crippen LogP contribution in [0.5, 0.6) is 5.75 Å². The minimum absolute atomic E-state index is 0.281. The fourth-order valence-electron chi connectivity index (χ4n) is 1.20. The molecule has 1 rings (SSSR count). The summed E-state index contributed by atoms with van der Waals surface area (Å²) < 4.78 is 6.57. The van der Waals surface area contributed by atoms with Crippen molar-refractivity contribution in [3.8, 4) is 5.75 Å². The van der Waals surface area contributed by atoms with Crippen LogP contribution in [-0.4, -0.2) is 13.7 Å². The summed E-state index contributed by atoms with van der Waals surface area (Å²) in [5.41, 5.74) is 2.37. The van der Waals surface area contributed by atoms with Crippen molar-refractivity contribution in [2.45, 2.75) is 6.54 Å². The molecule has 0 aliphatic rings. The molecule has 5 heteroatoms. The van der Waals surface area contributed by atoms with Crippen LogP contribution in [0, 0.1) is 0 Å². The van der Waals surface area contributed by atoms with Gasteiger partial charge in [0.05, 0.1) is 5.03 Å². The first kappa shape index (κ1) is 13.8. The molecule has 16 heavy (non-hydrogen) atoms. The maximum absolute atomic E-state index is 5.76. The summed E-state index contributed by atoms with van der Waals surface area (Å²) >= 11 is 14.6. The van der Waals surface area contributed by atoms with Crippen molar-refractivity contribution < 1.29 is 4.74 Å². The lowest BCUT2D eigenvalue weighted by Crippen LogP contribution is -2.08. The lowest BCUT2D eigenvalue weighted by atomic mass is 10.2. The minimum Gasteiger partial charge on any atom is -0.488 e. The van der Waals surface area contributed by atoms with Crippen molar-refractivity contribution in [2.24, 2.45) is 0 Å². The van der Waals surface area contributed by atoms with E-state index >= 15 is 0 Å². The number of nitrogens with one attached hydrogen (secondary N) is 1. The Morgan fingerprint density at radius 3 is 2.94 bits per heavy atom. The van der Waals surface area contributed by atoms with E-state index in [1.807, 2.05) is 25.2 Å². The molecular formula is C11H12BrCl2NO. The highest BCUT2D eigenvalue weighted by Gasteiger charge is 2.04. The predicted molar refractivity (Wildman–Crippen MR) is 72.2 cm³/mol. The molecule has 0 saturated carbocycles. The Balaban J connectivity index is 2.77. The van der Waals surface area contributed by atoms with E-state index in [1.165, 1.54) is 5.54 Å². The first-order valence-corrected chi connectivity index (χ1v) is 6.28. The molecule has 0 atom stereocenters. The second-order valence-corrected chi connectivity index (χ2v) is 4.75. The zero-order valence-electron chi connectivity index (χ0n) is 8.77. The van der Waals surface area contributed by atoms with E-state index in [0.29, 0.717) is 5.03 Å². The van der Waals surface area contributed by atoms with E-state index in [-0.39, 0.29) is 6.61 Å². The Morgan fingerprint density at radius 1 is 1.56 bits per heavy atom. The first-order valence-electron chi connectivity index (χ1n) is 4.68. The van der Waals surface area contributed by atoms with Gasteiger partial charge in [0.25, 0.3) is 0 Å². The number of ether oxygens (including phenoxy) is 1. The Kier molecular flexibility index (Phi) is 6.21. The highest BCUT2D eigenvalue weighted by Crippen LogP contribution is 2.24. The topological polar surface area (TPSA) is 21.3 Å². The number of hydrogen-bond acceptors (Lipinski definition) is 2. The van der Waals surface area contributed by atoms with Crippen molar-refractivity contribution >= 4 is 39.1 Å². The quantitative estimate of drug-likeness (QED) is 0.887. The van der Waals surface area contributed by atoms with E-state index < -0.39 is 0 Å². The van der Waals surface area contributed by atoms with E-state index in [1.54, 1.807) is 0 Å². The highest BCUT2D eigenvalue weighted by atomic mass is 79.9. The largest absolute Gasteiger partial charge is 0.488 e. The SMILES string of the molecule is CNCc1cc(Br)ccc1OCC(Cl)=CCl. The fourth-order valence-corrected chi connectivity index (χ4v) is 1.72. The standard InChI is InChI=1S/C11H12BrCl2NO/c1-15-6-8-4-9(12)2-3-11(8)16-7-10(14)5-13/h2-5,15H,6-7H2,1H3. The average molecular weight is 325 g/mol. The van der Waals surface area contributed by atoms with Gasteiger partial charge in [-0.05, 0) is 25.2 Å². The molecule has 0 aliphatic carbocycles. The Hall–Kier alpha value is -0.220. The van der Waals surface area contributed by atoms with Crippen LogP contribution in [0.15, 0.2) is 33.2 Å². The molecule has 0 unspecified atom stereocenters. The fraction of sp³-hybridized carbons (Fsp3) is 0.273. The van der Waals surface area contributed by atoms with E-state index in [9.17, 15) is 0 Å². The predicted octanol–water partition coefficient (Wildman–Crippen LogP) is 3.87. The van der Waals surface area contributed by atoms with Crippen LogP contribution in [0.4, 0.5) is 0 Å². The highest BCUT2D eigenvalue weighted by molar-refractivity contribution is 9.10. The Bertz CT molecular complexity index is 382. The molecule has 0 spiro atoms. The Labute approximate surface area is 114 Å². The van der Waals surface area contributed by atoms with Gasteiger partial charge in [-0.2, -0.15) is 0 Å². The van der Waals surface area contributed by atoms with Crippen molar-refractivity contribution in [1.29, 1.82) is 0 Å². The zero-order chi connectivity index (χ0) is 12.0. The summed E-state index contributed by atoms with van der Waals surface area (Å²) in [5, 5.41) is 3.55. The molecule has 1 aromatic carbocycles. The van der Waals surface area contributed by atoms with Gasteiger partial charge in [-0.3, -0.25) is 0 Å². The van der Waals surface area contributed by atoms with Crippen LogP contribution >= 0.6 is 39.1 Å². The van der Waals surface area contributed by atoms with E-state index in [2.05, 4.69) is 21.2 Å².